The van der Waals surface area contributed by atoms with Crippen LogP contribution in [0.15, 0.2) is 12.3 Å². The van der Waals surface area contributed by atoms with Crippen molar-refractivity contribution >= 4 is 5.91 Å². The van der Waals surface area contributed by atoms with Gasteiger partial charge in [-0.3, -0.25) is 9.48 Å². The molecule has 1 aromatic heterocycles. The molecule has 2 aliphatic rings. The molecule has 1 amide bonds. The van der Waals surface area contributed by atoms with Gasteiger partial charge in [0.25, 0.3) is 5.91 Å². The van der Waals surface area contributed by atoms with Gasteiger partial charge in [0.1, 0.15) is 5.69 Å². The number of carbonyl (C=O) groups is 1. The van der Waals surface area contributed by atoms with Crippen molar-refractivity contribution in [3.05, 3.63) is 18.0 Å². The maximum Gasteiger partial charge on any atom is 0.271 e. The van der Waals surface area contributed by atoms with Crippen LogP contribution in [-0.4, -0.2) is 60.4 Å². The lowest BCUT2D eigenvalue weighted by Gasteiger charge is -2.37. The second-order valence-electron chi connectivity index (χ2n) is 7.03. The number of carbonyl (C=O) groups excluding carboxylic acids is 1. The van der Waals surface area contributed by atoms with Crippen LogP contribution in [-0.2, 0) is 0 Å². The molecule has 2 aliphatic heterocycles. The largest absolute Gasteiger partial charge is 0.354 e. The summed E-state index contributed by atoms with van der Waals surface area (Å²) in [5.41, 5.74) is 0.908. The fourth-order valence-corrected chi connectivity index (χ4v) is 3.72. The number of nitrogens with one attached hydrogen (secondary N) is 2. The first-order chi connectivity index (χ1) is 10.6. The van der Waals surface area contributed by atoms with Gasteiger partial charge in [-0.2, -0.15) is 5.10 Å². The van der Waals surface area contributed by atoms with Crippen molar-refractivity contribution in [1.29, 1.82) is 0 Å². The molecule has 0 saturated carbocycles. The molecule has 0 spiro atoms. The average Bonchev–Trinajstić information content (AvgIpc) is 3.16. The Morgan fingerprint density at radius 3 is 3.18 bits per heavy atom. The Labute approximate surface area is 132 Å². The Morgan fingerprint density at radius 1 is 1.59 bits per heavy atom. The quantitative estimate of drug-likeness (QED) is 0.867. The van der Waals surface area contributed by atoms with E-state index in [1.807, 2.05) is 10.9 Å². The van der Waals surface area contributed by atoms with E-state index < -0.39 is 0 Å². The molecule has 0 aromatic carbocycles. The Kier molecular flexibility index (Phi) is 4.49. The van der Waals surface area contributed by atoms with Crippen molar-refractivity contribution in [3.63, 3.8) is 0 Å². The molecule has 6 nitrogen and oxygen atoms in total. The van der Waals surface area contributed by atoms with Crippen LogP contribution in [0.25, 0.3) is 0 Å². The summed E-state index contributed by atoms with van der Waals surface area (Å²) in [6.45, 7) is 8.01. The van der Waals surface area contributed by atoms with Gasteiger partial charge in [-0.15, -0.1) is 0 Å². The molecule has 0 radical (unpaired) electrons. The first-order valence-corrected chi connectivity index (χ1v) is 8.30. The third-order valence-electron chi connectivity index (χ3n) is 4.99. The summed E-state index contributed by atoms with van der Waals surface area (Å²) in [6, 6.07) is 2.19. The molecule has 6 heteroatoms. The molecule has 0 bridgehead atoms. The van der Waals surface area contributed by atoms with Crippen molar-refractivity contribution in [3.8, 4) is 0 Å². The van der Waals surface area contributed by atoms with Crippen LogP contribution in [0, 0.1) is 5.41 Å². The van der Waals surface area contributed by atoms with Crippen molar-refractivity contribution in [2.24, 2.45) is 5.41 Å². The minimum Gasteiger partial charge on any atom is -0.354 e. The highest BCUT2D eigenvalue weighted by molar-refractivity contribution is 5.91. The standard InChI is InChI=1S/C16H27N5O/c1-16(6-7-18-11-16)12-20-8-3-4-13(10-20)21-9-5-14(19-21)15(22)17-2/h5,9,13,18H,3-4,6-8,10-12H2,1-2H3,(H,17,22). The Balaban J connectivity index is 1.62. The molecule has 2 N–H and O–H groups in total. The van der Waals surface area contributed by atoms with E-state index in [4.69, 9.17) is 0 Å². The van der Waals surface area contributed by atoms with Gasteiger partial charge in [0.15, 0.2) is 0 Å². The summed E-state index contributed by atoms with van der Waals surface area (Å²) in [5, 5.41) is 10.6. The van der Waals surface area contributed by atoms with Crippen LogP contribution in [0.5, 0.6) is 0 Å². The van der Waals surface area contributed by atoms with Crippen molar-refractivity contribution in [1.82, 2.24) is 25.3 Å². The zero-order chi connectivity index (χ0) is 15.6. The van der Waals surface area contributed by atoms with Crippen molar-refractivity contribution in [2.75, 3.05) is 39.8 Å². The monoisotopic (exact) mass is 305 g/mol. The SMILES string of the molecule is CNC(=O)c1ccn(C2CCCN(CC3(C)CCNC3)C2)n1. The van der Waals surface area contributed by atoms with E-state index in [2.05, 4.69) is 27.6 Å². The normalized spacial score (nSPS) is 29.6. The Morgan fingerprint density at radius 2 is 2.45 bits per heavy atom. The minimum atomic E-state index is -0.115. The minimum absolute atomic E-state index is 0.115. The molecule has 2 saturated heterocycles. The summed E-state index contributed by atoms with van der Waals surface area (Å²) in [5.74, 6) is -0.115. The van der Waals surface area contributed by atoms with E-state index in [1.54, 1.807) is 13.1 Å². The van der Waals surface area contributed by atoms with Crippen LogP contribution in [0.4, 0.5) is 0 Å². The maximum absolute atomic E-state index is 11.6. The van der Waals surface area contributed by atoms with Gasteiger partial charge >= 0.3 is 0 Å². The lowest BCUT2D eigenvalue weighted by molar-refractivity contribution is 0.0954. The van der Waals surface area contributed by atoms with Gasteiger partial charge in [0, 0.05) is 32.9 Å². The fourth-order valence-electron chi connectivity index (χ4n) is 3.72. The van der Waals surface area contributed by atoms with E-state index in [9.17, 15) is 4.79 Å². The van der Waals surface area contributed by atoms with Gasteiger partial charge in [-0.1, -0.05) is 6.92 Å². The van der Waals surface area contributed by atoms with Crippen LogP contribution >= 0.6 is 0 Å². The number of piperidine rings is 1. The molecule has 3 rings (SSSR count). The molecule has 22 heavy (non-hydrogen) atoms. The summed E-state index contributed by atoms with van der Waals surface area (Å²) in [6.07, 6.45) is 5.54. The van der Waals surface area contributed by atoms with Gasteiger partial charge in [0.2, 0.25) is 0 Å². The number of hydrogen-bond donors (Lipinski definition) is 2. The van der Waals surface area contributed by atoms with E-state index in [0.717, 1.165) is 32.6 Å². The number of likely N-dealkylation sites (tertiary alicyclic amines) is 1. The number of nitrogens with zero attached hydrogens (tertiary/aromatic N) is 3. The second kappa shape index (κ2) is 6.38. The fraction of sp³-hybridized carbons (Fsp3) is 0.750. The van der Waals surface area contributed by atoms with E-state index in [0.29, 0.717) is 17.2 Å². The third-order valence-corrected chi connectivity index (χ3v) is 4.99. The lowest BCUT2D eigenvalue weighted by Crippen LogP contribution is -2.43. The Hall–Kier alpha value is -1.40. The van der Waals surface area contributed by atoms with Gasteiger partial charge in [0.05, 0.1) is 6.04 Å². The van der Waals surface area contributed by atoms with Crippen molar-refractivity contribution < 1.29 is 4.79 Å². The molecule has 0 aliphatic carbocycles. The van der Waals surface area contributed by atoms with Crippen LogP contribution in [0.1, 0.15) is 42.7 Å². The summed E-state index contributed by atoms with van der Waals surface area (Å²) in [4.78, 5) is 14.2. The molecule has 3 heterocycles. The highest BCUT2D eigenvalue weighted by Gasteiger charge is 2.32. The number of rotatable bonds is 4. The van der Waals surface area contributed by atoms with Crippen LogP contribution in [0.2, 0.25) is 0 Å². The molecular formula is C16H27N5O. The zero-order valence-electron chi connectivity index (χ0n) is 13.6. The van der Waals surface area contributed by atoms with E-state index in [1.165, 1.54) is 19.4 Å². The highest BCUT2D eigenvalue weighted by Crippen LogP contribution is 2.29. The summed E-state index contributed by atoms with van der Waals surface area (Å²) >= 11 is 0. The highest BCUT2D eigenvalue weighted by atomic mass is 16.1. The topological polar surface area (TPSA) is 62.2 Å². The third kappa shape index (κ3) is 3.33. The van der Waals surface area contributed by atoms with Crippen LogP contribution in [0.3, 0.4) is 0 Å². The number of aromatic nitrogens is 2. The first-order valence-electron chi connectivity index (χ1n) is 8.30. The average molecular weight is 305 g/mol. The molecule has 2 unspecified atom stereocenters. The molecule has 2 atom stereocenters. The predicted molar refractivity (Wildman–Crippen MR) is 85.9 cm³/mol. The molecule has 1 aromatic rings. The smallest absolute Gasteiger partial charge is 0.271 e. The second-order valence-corrected chi connectivity index (χ2v) is 7.03. The van der Waals surface area contributed by atoms with Crippen molar-refractivity contribution in [2.45, 2.75) is 32.2 Å². The zero-order valence-corrected chi connectivity index (χ0v) is 13.6. The van der Waals surface area contributed by atoms with Gasteiger partial charge in [-0.05, 0) is 43.8 Å². The molecule has 122 valence electrons. The molecular weight excluding hydrogens is 278 g/mol. The Bertz CT molecular complexity index is 520. The molecule has 2 fully saturated rings. The van der Waals surface area contributed by atoms with Gasteiger partial charge in [-0.25, -0.2) is 0 Å². The van der Waals surface area contributed by atoms with E-state index >= 15 is 0 Å². The van der Waals surface area contributed by atoms with E-state index in [-0.39, 0.29) is 5.91 Å². The number of hydrogen-bond acceptors (Lipinski definition) is 4. The number of amides is 1. The summed E-state index contributed by atoms with van der Waals surface area (Å²) in [7, 11) is 1.64. The lowest BCUT2D eigenvalue weighted by atomic mass is 9.88. The van der Waals surface area contributed by atoms with Crippen LogP contribution < -0.4 is 10.6 Å². The van der Waals surface area contributed by atoms with Gasteiger partial charge < -0.3 is 15.5 Å². The first kappa shape index (κ1) is 15.5. The maximum atomic E-state index is 11.6. The predicted octanol–water partition coefficient (Wildman–Crippen LogP) is 0.879. The summed E-state index contributed by atoms with van der Waals surface area (Å²) < 4.78 is 1.98.